The van der Waals surface area contributed by atoms with Gasteiger partial charge in [-0.1, -0.05) is 83.9 Å². The fourth-order valence-electron chi connectivity index (χ4n) is 3.65. The summed E-state index contributed by atoms with van der Waals surface area (Å²) in [5, 5.41) is -0.965. The number of ketones is 2. The van der Waals surface area contributed by atoms with Crippen LogP contribution in [0.4, 0.5) is 11.4 Å². The maximum Gasteiger partial charge on any atom is 0.296 e. The fourth-order valence-corrected chi connectivity index (χ4v) is 4.38. The molecule has 0 spiro atoms. The lowest BCUT2D eigenvalue weighted by atomic mass is 10.1. The molecule has 0 saturated heterocycles. The number of para-hydroxylation sites is 2. The van der Waals surface area contributed by atoms with Crippen molar-refractivity contribution in [3.8, 4) is 0 Å². The first-order valence-corrected chi connectivity index (χ1v) is 14.2. The highest BCUT2D eigenvalue weighted by Gasteiger charge is 2.29. The number of benzene rings is 4. The topological polar surface area (TPSA) is 74.8 Å². The summed E-state index contributed by atoms with van der Waals surface area (Å²) < 4.78 is 0. The summed E-state index contributed by atoms with van der Waals surface area (Å²) in [7, 11) is 3.09. The maximum absolute atomic E-state index is 12.2. The predicted molar refractivity (Wildman–Crippen MR) is 170 cm³/mol. The molecule has 0 aliphatic rings. The van der Waals surface area contributed by atoms with Crippen molar-refractivity contribution >= 4 is 81.2 Å². The number of halogens is 4. The van der Waals surface area contributed by atoms with Gasteiger partial charge in [0.1, 0.15) is 10.8 Å². The van der Waals surface area contributed by atoms with Crippen LogP contribution in [-0.4, -0.2) is 37.5 Å². The fraction of sp³-hybridized carbons (Fsp3) is 0.125. The summed E-state index contributed by atoms with van der Waals surface area (Å²) in [6.45, 7) is 0. The van der Waals surface area contributed by atoms with Gasteiger partial charge in [-0.05, 0) is 59.7 Å². The molecule has 0 aromatic heterocycles. The van der Waals surface area contributed by atoms with Crippen LogP contribution in [0, 0.1) is 0 Å². The summed E-state index contributed by atoms with van der Waals surface area (Å²) in [5.74, 6) is -2.66. The minimum Gasteiger partial charge on any atom is -0.309 e. The Labute approximate surface area is 264 Å². The molecule has 0 N–H and O–H groups in total. The second-order valence-electron chi connectivity index (χ2n) is 8.96. The quantitative estimate of drug-likeness (QED) is 0.146. The Kier molecular flexibility index (Phi) is 12.1. The molecule has 6 nitrogen and oxygen atoms in total. The van der Waals surface area contributed by atoms with E-state index in [1.165, 1.54) is 9.80 Å². The molecule has 0 radical (unpaired) electrons. The molecule has 0 fully saturated rings. The van der Waals surface area contributed by atoms with Crippen molar-refractivity contribution in [1.82, 2.24) is 0 Å². The van der Waals surface area contributed by atoms with Gasteiger partial charge >= 0.3 is 0 Å². The number of likely N-dealkylation sites (N-methyl/N-ethyl adjacent to an activating group) is 2. The Hall–Kier alpha value is -3.68. The Morgan fingerprint density at radius 3 is 1.07 bits per heavy atom. The number of hydrogen-bond donors (Lipinski definition) is 0. The molecule has 0 bridgehead atoms. The number of Topliss-reactive ketones (excluding diaryl/α,β-unsaturated/α-hetero) is 2. The SMILES string of the molecule is CN(C(=O)C(=O)[C@@H](Cl)c1ccc(Cl)cc1)c1ccccc1.CN(C(=O)C(=O)[C@H](Cl)c1ccc(Cl)cc1)c1ccccc1. The van der Waals surface area contributed by atoms with Crippen LogP contribution in [0.2, 0.25) is 10.0 Å². The van der Waals surface area contributed by atoms with E-state index in [2.05, 4.69) is 0 Å². The third-order valence-corrected chi connectivity index (χ3v) is 7.51. The van der Waals surface area contributed by atoms with Crippen molar-refractivity contribution in [3.05, 3.63) is 130 Å². The minimum absolute atomic E-state index is 0.542. The number of alkyl halides is 2. The van der Waals surface area contributed by atoms with E-state index in [9.17, 15) is 19.2 Å². The normalized spacial score (nSPS) is 11.8. The highest BCUT2D eigenvalue weighted by Crippen LogP contribution is 2.26. The van der Waals surface area contributed by atoms with Gasteiger partial charge < -0.3 is 9.80 Å². The highest BCUT2D eigenvalue weighted by atomic mass is 35.5. The average Bonchev–Trinajstić information content (AvgIpc) is 3.03. The highest BCUT2D eigenvalue weighted by molar-refractivity contribution is 6.52. The molecule has 216 valence electrons. The number of nitrogens with zero attached hydrogens (tertiary/aromatic N) is 2. The van der Waals surface area contributed by atoms with Crippen molar-refractivity contribution in [2.75, 3.05) is 23.9 Å². The summed E-state index contributed by atoms with van der Waals surface area (Å²) in [4.78, 5) is 51.3. The van der Waals surface area contributed by atoms with Crippen molar-refractivity contribution in [3.63, 3.8) is 0 Å². The largest absolute Gasteiger partial charge is 0.309 e. The molecule has 0 unspecified atom stereocenters. The number of hydrogen-bond acceptors (Lipinski definition) is 4. The smallest absolute Gasteiger partial charge is 0.296 e. The number of anilines is 2. The summed E-state index contributed by atoms with van der Waals surface area (Å²) in [6, 6.07) is 30.9. The zero-order chi connectivity index (χ0) is 30.8. The van der Waals surface area contributed by atoms with Gasteiger partial charge in [0.25, 0.3) is 11.8 Å². The second-order valence-corrected chi connectivity index (χ2v) is 10.7. The van der Waals surface area contributed by atoms with Crippen LogP contribution in [0.1, 0.15) is 21.9 Å². The van der Waals surface area contributed by atoms with Gasteiger partial charge in [-0.25, -0.2) is 0 Å². The lowest BCUT2D eigenvalue weighted by Crippen LogP contribution is -2.35. The van der Waals surface area contributed by atoms with Crippen LogP contribution in [0.5, 0.6) is 0 Å². The number of carbonyl (C=O) groups is 4. The lowest BCUT2D eigenvalue weighted by Gasteiger charge is -2.18. The van der Waals surface area contributed by atoms with Crippen LogP contribution >= 0.6 is 46.4 Å². The molecular weight excluding hydrogens is 618 g/mol. The molecule has 42 heavy (non-hydrogen) atoms. The van der Waals surface area contributed by atoms with E-state index in [1.807, 2.05) is 12.1 Å². The van der Waals surface area contributed by atoms with E-state index >= 15 is 0 Å². The molecule has 2 atom stereocenters. The first-order chi connectivity index (χ1) is 20.0. The van der Waals surface area contributed by atoms with E-state index in [-0.39, 0.29) is 0 Å². The van der Waals surface area contributed by atoms with Gasteiger partial charge in [0, 0.05) is 35.5 Å². The molecular formula is C32H26Cl4N2O4. The van der Waals surface area contributed by atoms with Gasteiger partial charge in [-0.3, -0.25) is 19.2 Å². The van der Waals surface area contributed by atoms with Crippen molar-refractivity contribution < 1.29 is 19.2 Å². The summed E-state index contributed by atoms with van der Waals surface area (Å²) in [6.07, 6.45) is 0. The number of rotatable bonds is 8. The molecule has 2 amide bonds. The number of amides is 2. The van der Waals surface area contributed by atoms with Crippen molar-refractivity contribution in [2.24, 2.45) is 0 Å². The Balaban J connectivity index is 0.000000230. The van der Waals surface area contributed by atoms with Crippen molar-refractivity contribution in [1.29, 1.82) is 0 Å². The molecule has 4 aromatic carbocycles. The average molecular weight is 644 g/mol. The van der Waals surface area contributed by atoms with E-state index in [4.69, 9.17) is 46.4 Å². The van der Waals surface area contributed by atoms with E-state index in [1.54, 1.807) is 111 Å². The first kappa shape index (κ1) is 32.8. The zero-order valence-corrected chi connectivity index (χ0v) is 25.6. The van der Waals surface area contributed by atoms with Gasteiger partial charge in [-0.2, -0.15) is 0 Å². The monoisotopic (exact) mass is 642 g/mol. The standard InChI is InChI=1S/2C16H13Cl2NO2/c2*1-19(13-5-3-2-4-6-13)16(21)15(20)14(18)11-7-9-12(17)10-8-11/h2*2-10,14H,1H3/t2*14-/m10/s1. The van der Waals surface area contributed by atoms with Gasteiger partial charge in [-0.15, -0.1) is 23.2 Å². The summed E-state index contributed by atoms with van der Waals surface area (Å²) >= 11 is 23.8. The van der Waals surface area contributed by atoms with Crippen LogP contribution in [0.25, 0.3) is 0 Å². The molecule has 0 heterocycles. The Bertz CT molecular complexity index is 1400. The second kappa shape index (κ2) is 15.5. The predicted octanol–water partition coefficient (Wildman–Crippen LogP) is 7.70. The molecule has 4 rings (SSSR count). The van der Waals surface area contributed by atoms with Crippen molar-refractivity contribution in [2.45, 2.75) is 10.8 Å². The Morgan fingerprint density at radius 1 is 0.500 bits per heavy atom. The van der Waals surface area contributed by atoms with Gasteiger partial charge in [0.15, 0.2) is 0 Å². The van der Waals surface area contributed by atoms with Crippen LogP contribution in [0.15, 0.2) is 109 Å². The van der Waals surface area contributed by atoms with Gasteiger partial charge in [0.05, 0.1) is 0 Å². The third-order valence-electron chi connectivity index (χ3n) is 6.10. The lowest BCUT2D eigenvalue weighted by molar-refractivity contribution is -0.135. The van der Waals surface area contributed by atoms with E-state index in [0.717, 1.165) is 0 Å². The molecule has 0 aliphatic carbocycles. The molecule has 0 aliphatic heterocycles. The van der Waals surface area contributed by atoms with Crippen LogP contribution in [0.3, 0.4) is 0 Å². The minimum atomic E-state index is -1.03. The summed E-state index contributed by atoms with van der Waals surface area (Å²) in [5.41, 5.74) is 2.36. The van der Waals surface area contributed by atoms with Crippen LogP contribution < -0.4 is 9.80 Å². The molecule has 4 aromatic rings. The number of carbonyl (C=O) groups excluding carboxylic acids is 4. The molecule has 0 saturated carbocycles. The van der Waals surface area contributed by atoms with E-state index < -0.39 is 34.1 Å². The third kappa shape index (κ3) is 8.66. The first-order valence-electron chi connectivity index (χ1n) is 12.5. The Morgan fingerprint density at radius 2 is 0.786 bits per heavy atom. The maximum atomic E-state index is 12.2. The molecule has 10 heteroatoms. The van der Waals surface area contributed by atoms with Gasteiger partial charge in [0.2, 0.25) is 11.6 Å². The van der Waals surface area contributed by atoms with Crippen LogP contribution in [-0.2, 0) is 19.2 Å². The zero-order valence-electron chi connectivity index (χ0n) is 22.6. The van der Waals surface area contributed by atoms with E-state index in [0.29, 0.717) is 32.5 Å².